The summed E-state index contributed by atoms with van der Waals surface area (Å²) in [5, 5.41) is 0.148. The van der Waals surface area contributed by atoms with E-state index in [1.54, 1.807) is 0 Å². The van der Waals surface area contributed by atoms with Crippen LogP contribution in [0.15, 0.2) is 41.3 Å². The van der Waals surface area contributed by atoms with E-state index in [0.717, 1.165) is 11.8 Å². The zero-order valence-electron chi connectivity index (χ0n) is 12.4. The van der Waals surface area contributed by atoms with Gasteiger partial charge in [0, 0.05) is 11.8 Å². The van der Waals surface area contributed by atoms with Crippen molar-refractivity contribution in [3.05, 3.63) is 52.5 Å². The van der Waals surface area contributed by atoms with Crippen molar-refractivity contribution in [2.24, 2.45) is 0 Å². The van der Waals surface area contributed by atoms with Crippen LogP contribution in [0.25, 0.3) is 11.1 Å². The molecule has 0 fully saturated rings. The number of esters is 1. The molecule has 6 heteroatoms. The van der Waals surface area contributed by atoms with Crippen molar-refractivity contribution in [1.29, 1.82) is 0 Å². The molecular formula is C16H15ClO4S. The fraction of sp³-hybridized carbons (Fsp3) is 0.188. The zero-order valence-corrected chi connectivity index (χ0v) is 14.0. The van der Waals surface area contributed by atoms with Gasteiger partial charge < -0.3 is 4.74 Å². The third-order valence-electron chi connectivity index (χ3n) is 3.24. The molecule has 22 heavy (non-hydrogen) atoms. The molecule has 2 aromatic rings. The maximum absolute atomic E-state index is 12.1. The predicted octanol–water partition coefficient (Wildman–Crippen LogP) is 3.51. The van der Waals surface area contributed by atoms with Gasteiger partial charge in [-0.1, -0.05) is 41.4 Å². The molecule has 2 aromatic carbocycles. The number of sulfone groups is 1. The summed E-state index contributed by atoms with van der Waals surface area (Å²) >= 11 is 6.11. The van der Waals surface area contributed by atoms with Crippen LogP contribution >= 0.6 is 11.6 Å². The third kappa shape index (κ3) is 3.31. The largest absolute Gasteiger partial charge is 0.465 e. The molecule has 116 valence electrons. The van der Waals surface area contributed by atoms with E-state index in [1.165, 1.54) is 19.2 Å². The van der Waals surface area contributed by atoms with Crippen LogP contribution in [0.5, 0.6) is 0 Å². The van der Waals surface area contributed by atoms with E-state index in [9.17, 15) is 13.2 Å². The van der Waals surface area contributed by atoms with Crippen molar-refractivity contribution >= 4 is 27.4 Å². The van der Waals surface area contributed by atoms with Crippen molar-refractivity contribution in [2.45, 2.75) is 11.8 Å². The van der Waals surface area contributed by atoms with Crippen LogP contribution in [0.1, 0.15) is 15.9 Å². The predicted molar refractivity (Wildman–Crippen MR) is 86.1 cm³/mol. The SMILES string of the molecule is COC(=O)c1cc(S(C)(=O)=O)c(-c2ccc(C)cc2)cc1Cl. The standard InChI is InChI=1S/C16H15ClO4S/c1-10-4-6-11(7-5-10)12-8-14(17)13(16(18)21-2)9-15(12)22(3,19)20/h4-9H,1-3H3. The lowest BCUT2D eigenvalue weighted by atomic mass is 10.0. The van der Waals surface area contributed by atoms with Crippen LogP contribution in [0.4, 0.5) is 0 Å². The van der Waals surface area contributed by atoms with Crippen molar-refractivity contribution < 1.29 is 17.9 Å². The molecule has 0 aliphatic rings. The number of methoxy groups -OCH3 is 1. The molecule has 0 saturated carbocycles. The summed E-state index contributed by atoms with van der Waals surface area (Å²) in [4.78, 5) is 11.7. The second-order valence-corrected chi connectivity index (χ2v) is 7.35. The highest BCUT2D eigenvalue weighted by molar-refractivity contribution is 7.90. The Kier molecular flexibility index (Phi) is 4.58. The smallest absolute Gasteiger partial charge is 0.339 e. The maximum atomic E-state index is 12.1. The number of ether oxygens (including phenoxy) is 1. The summed E-state index contributed by atoms with van der Waals surface area (Å²) in [6, 6.07) is 10.1. The van der Waals surface area contributed by atoms with Crippen LogP contribution < -0.4 is 0 Å². The molecule has 0 radical (unpaired) electrons. The van der Waals surface area contributed by atoms with Gasteiger partial charge in [-0.3, -0.25) is 0 Å². The van der Waals surface area contributed by atoms with Gasteiger partial charge in [0.1, 0.15) is 0 Å². The molecule has 4 nitrogen and oxygen atoms in total. The minimum absolute atomic E-state index is 0.0282. The lowest BCUT2D eigenvalue weighted by molar-refractivity contribution is 0.0600. The van der Waals surface area contributed by atoms with Gasteiger partial charge in [0.15, 0.2) is 9.84 Å². The summed E-state index contributed by atoms with van der Waals surface area (Å²) in [6.45, 7) is 1.94. The van der Waals surface area contributed by atoms with Gasteiger partial charge in [-0.15, -0.1) is 0 Å². The second kappa shape index (κ2) is 6.10. The summed E-state index contributed by atoms with van der Waals surface area (Å²) in [5.74, 6) is -0.676. The van der Waals surface area contributed by atoms with Crippen molar-refractivity contribution in [3.63, 3.8) is 0 Å². The Hall–Kier alpha value is -1.85. The normalized spacial score (nSPS) is 11.3. The van der Waals surface area contributed by atoms with Gasteiger partial charge in [0.25, 0.3) is 0 Å². The fourth-order valence-corrected chi connectivity index (χ4v) is 3.23. The van der Waals surface area contributed by atoms with Crippen LogP contribution in [0.3, 0.4) is 0 Å². The number of carbonyl (C=O) groups is 1. The molecule has 0 atom stereocenters. The Bertz CT molecular complexity index is 824. The summed E-state index contributed by atoms with van der Waals surface area (Å²) < 4.78 is 28.8. The van der Waals surface area contributed by atoms with E-state index in [4.69, 9.17) is 11.6 Å². The third-order valence-corrected chi connectivity index (χ3v) is 4.69. The molecular weight excluding hydrogens is 324 g/mol. The summed E-state index contributed by atoms with van der Waals surface area (Å²) in [7, 11) is -2.32. The molecule has 0 saturated heterocycles. The molecule has 0 N–H and O–H groups in total. The van der Waals surface area contributed by atoms with Crippen molar-refractivity contribution in [1.82, 2.24) is 0 Å². The molecule has 0 aliphatic heterocycles. The quantitative estimate of drug-likeness (QED) is 0.803. The van der Waals surface area contributed by atoms with Gasteiger partial charge in [-0.05, 0) is 24.6 Å². The molecule has 0 aromatic heterocycles. The van der Waals surface area contributed by atoms with Crippen LogP contribution in [0, 0.1) is 6.92 Å². The average Bonchev–Trinajstić information content (AvgIpc) is 2.45. The van der Waals surface area contributed by atoms with E-state index < -0.39 is 15.8 Å². The first kappa shape index (κ1) is 16.5. The van der Waals surface area contributed by atoms with E-state index in [0.29, 0.717) is 11.1 Å². The Labute approximate surface area is 134 Å². The number of hydrogen-bond donors (Lipinski definition) is 0. The van der Waals surface area contributed by atoms with Gasteiger partial charge in [-0.2, -0.15) is 0 Å². The lowest BCUT2D eigenvalue weighted by Crippen LogP contribution is -2.07. The van der Waals surface area contributed by atoms with Crippen LogP contribution in [0.2, 0.25) is 5.02 Å². The Morgan fingerprint density at radius 2 is 1.73 bits per heavy atom. The number of carbonyl (C=O) groups excluding carboxylic acids is 1. The first-order valence-electron chi connectivity index (χ1n) is 6.43. The minimum atomic E-state index is -3.54. The molecule has 2 rings (SSSR count). The highest BCUT2D eigenvalue weighted by Gasteiger charge is 2.21. The van der Waals surface area contributed by atoms with Gasteiger partial charge in [0.2, 0.25) is 0 Å². The molecule has 0 spiro atoms. The van der Waals surface area contributed by atoms with E-state index in [1.807, 2.05) is 31.2 Å². The first-order valence-corrected chi connectivity index (χ1v) is 8.70. The molecule has 0 amide bonds. The molecule has 0 bridgehead atoms. The average molecular weight is 339 g/mol. The molecule has 0 aliphatic carbocycles. The number of halogens is 1. The summed E-state index contributed by atoms with van der Waals surface area (Å²) in [5.41, 5.74) is 2.26. The zero-order chi connectivity index (χ0) is 16.5. The fourth-order valence-electron chi connectivity index (χ4n) is 2.09. The highest BCUT2D eigenvalue weighted by Crippen LogP contribution is 2.33. The van der Waals surface area contributed by atoms with Crippen LogP contribution in [-0.2, 0) is 14.6 Å². The first-order chi connectivity index (χ1) is 10.2. The molecule has 0 heterocycles. The number of aryl methyl sites for hydroxylation is 1. The second-order valence-electron chi connectivity index (χ2n) is 4.96. The topological polar surface area (TPSA) is 60.4 Å². The van der Waals surface area contributed by atoms with Crippen molar-refractivity contribution in [2.75, 3.05) is 13.4 Å². The Morgan fingerprint density at radius 1 is 1.14 bits per heavy atom. The number of rotatable bonds is 3. The van der Waals surface area contributed by atoms with E-state index >= 15 is 0 Å². The number of hydrogen-bond acceptors (Lipinski definition) is 4. The van der Waals surface area contributed by atoms with E-state index in [-0.39, 0.29) is 15.5 Å². The Morgan fingerprint density at radius 3 is 2.23 bits per heavy atom. The Balaban J connectivity index is 2.76. The maximum Gasteiger partial charge on any atom is 0.339 e. The minimum Gasteiger partial charge on any atom is -0.465 e. The summed E-state index contributed by atoms with van der Waals surface area (Å²) in [6.07, 6.45) is 1.09. The molecule has 0 unspecified atom stereocenters. The van der Waals surface area contributed by atoms with Crippen LogP contribution in [-0.4, -0.2) is 27.8 Å². The van der Waals surface area contributed by atoms with E-state index in [2.05, 4.69) is 4.74 Å². The highest BCUT2D eigenvalue weighted by atomic mass is 35.5. The van der Waals surface area contributed by atoms with Gasteiger partial charge in [0.05, 0.1) is 22.6 Å². The number of benzene rings is 2. The monoisotopic (exact) mass is 338 g/mol. The van der Waals surface area contributed by atoms with Gasteiger partial charge in [-0.25, -0.2) is 13.2 Å². The van der Waals surface area contributed by atoms with Crippen molar-refractivity contribution in [3.8, 4) is 11.1 Å². The lowest BCUT2D eigenvalue weighted by Gasteiger charge is -2.12. The van der Waals surface area contributed by atoms with Gasteiger partial charge >= 0.3 is 5.97 Å².